The molecule has 0 atom stereocenters. The van der Waals surface area contributed by atoms with Gasteiger partial charge in [-0.2, -0.15) is 4.68 Å². The maximum Gasteiger partial charge on any atom is 0.284 e. The fraction of sp³-hybridized carbons (Fsp3) is 0.0714. The molecule has 0 saturated carbocycles. The Hall–Kier alpha value is -2.45. The van der Waals surface area contributed by atoms with Crippen molar-refractivity contribution in [1.82, 2.24) is 20.2 Å². The molecule has 116 valence electrons. The summed E-state index contributed by atoms with van der Waals surface area (Å²) in [4.78, 5) is 11.1. The second kappa shape index (κ2) is 6.35. The van der Waals surface area contributed by atoms with E-state index in [1.54, 1.807) is 12.1 Å². The Labute approximate surface area is 140 Å². The topological polar surface area (TPSA) is 86.7 Å². The van der Waals surface area contributed by atoms with Crippen LogP contribution in [0.4, 0.5) is 5.69 Å². The smallest absolute Gasteiger partial charge is 0.258 e. The van der Waals surface area contributed by atoms with Crippen molar-refractivity contribution in [3.8, 4) is 5.69 Å². The monoisotopic (exact) mass is 347 g/mol. The molecule has 0 aliphatic heterocycles. The summed E-state index contributed by atoms with van der Waals surface area (Å²) in [5, 5.41) is 23.4. The number of hydrogen-bond acceptors (Lipinski definition) is 6. The summed E-state index contributed by atoms with van der Waals surface area (Å²) < 4.78 is 1.53. The molecule has 0 amide bonds. The first-order chi connectivity index (χ1) is 11.0. The predicted molar refractivity (Wildman–Crippen MR) is 86.1 cm³/mol. The molecule has 2 aromatic carbocycles. The van der Waals surface area contributed by atoms with Crippen molar-refractivity contribution >= 4 is 29.1 Å². The first-order valence-corrected chi connectivity index (χ1v) is 7.71. The van der Waals surface area contributed by atoms with Crippen molar-refractivity contribution in [1.29, 1.82) is 0 Å². The van der Waals surface area contributed by atoms with Gasteiger partial charge in [-0.3, -0.25) is 10.1 Å². The van der Waals surface area contributed by atoms with Gasteiger partial charge in [0.2, 0.25) is 5.16 Å². The number of aryl methyl sites for hydroxylation is 1. The zero-order valence-corrected chi connectivity index (χ0v) is 13.5. The molecule has 3 aromatic rings. The number of rotatable bonds is 4. The highest BCUT2D eigenvalue weighted by molar-refractivity contribution is 7.99. The predicted octanol–water partition coefficient (Wildman–Crippen LogP) is 3.68. The van der Waals surface area contributed by atoms with E-state index in [1.165, 1.54) is 10.7 Å². The van der Waals surface area contributed by atoms with Gasteiger partial charge in [0.15, 0.2) is 0 Å². The molecule has 3 rings (SSSR count). The minimum atomic E-state index is -0.478. The van der Waals surface area contributed by atoms with E-state index < -0.39 is 4.92 Å². The van der Waals surface area contributed by atoms with Crippen molar-refractivity contribution in [2.45, 2.75) is 17.0 Å². The molecule has 0 radical (unpaired) electrons. The third kappa shape index (κ3) is 3.33. The standard InChI is InChI=1S/C14H10ClN5O2S/c1-9-2-5-11(6-3-9)19-14(16-17-18-19)23-13-7-4-10(15)8-12(13)20(21)22/h2-8H,1H3. The van der Waals surface area contributed by atoms with E-state index in [2.05, 4.69) is 15.5 Å². The van der Waals surface area contributed by atoms with Crippen LogP contribution in [0.3, 0.4) is 0 Å². The molecular weight excluding hydrogens is 338 g/mol. The van der Waals surface area contributed by atoms with Gasteiger partial charge in [-0.15, -0.1) is 5.10 Å². The van der Waals surface area contributed by atoms with E-state index >= 15 is 0 Å². The van der Waals surface area contributed by atoms with Crippen LogP contribution in [-0.2, 0) is 0 Å². The van der Waals surface area contributed by atoms with Crippen molar-refractivity contribution in [3.05, 3.63) is 63.2 Å². The van der Waals surface area contributed by atoms with Gasteiger partial charge in [0, 0.05) is 11.1 Å². The maximum atomic E-state index is 11.2. The van der Waals surface area contributed by atoms with Gasteiger partial charge in [0.25, 0.3) is 5.69 Å². The maximum absolute atomic E-state index is 11.2. The first-order valence-electron chi connectivity index (χ1n) is 6.52. The Morgan fingerprint density at radius 3 is 2.65 bits per heavy atom. The molecular formula is C14H10ClN5O2S. The van der Waals surface area contributed by atoms with Crippen LogP contribution in [0.5, 0.6) is 0 Å². The van der Waals surface area contributed by atoms with E-state index in [0.29, 0.717) is 15.1 Å². The molecule has 0 aliphatic carbocycles. The largest absolute Gasteiger partial charge is 0.284 e. The Morgan fingerprint density at radius 1 is 1.22 bits per heavy atom. The molecule has 0 N–H and O–H groups in total. The number of aromatic nitrogens is 4. The molecule has 0 aliphatic rings. The van der Waals surface area contributed by atoms with Crippen LogP contribution in [0.15, 0.2) is 52.5 Å². The molecule has 0 bridgehead atoms. The molecule has 0 fully saturated rings. The summed E-state index contributed by atoms with van der Waals surface area (Å²) in [6.07, 6.45) is 0. The number of nitrogens with zero attached hydrogens (tertiary/aromatic N) is 5. The molecule has 9 heteroatoms. The van der Waals surface area contributed by atoms with Crippen LogP contribution in [0.1, 0.15) is 5.56 Å². The summed E-state index contributed by atoms with van der Waals surface area (Å²) in [5.41, 5.74) is 1.81. The number of nitro groups is 1. The molecule has 1 aromatic heterocycles. The zero-order valence-electron chi connectivity index (χ0n) is 11.9. The minimum absolute atomic E-state index is 0.0824. The lowest BCUT2D eigenvalue weighted by molar-refractivity contribution is -0.387. The average molecular weight is 348 g/mol. The third-order valence-electron chi connectivity index (χ3n) is 3.04. The van der Waals surface area contributed by atoms with Gasteiger partial charge >= 0.3 is 0 Å². The van der Waals surface area contributed by atoms with E-state index in [4.69, 9.17) is 11.6 Å². The van der Waals surface area contributed by atoms with Gasteiger partial charge < -0.3 is 0 Å². The highest BCUT2D eigenvalue weighted by Crippen LogP contribution is 2.35. The van der Waals surface area contributed by atoms with Crippen LogP contribution in [-0.4, -0.2) is 25.1 Å². The minimum Gasteiger partial charge on any atom is -0.258 e. The fourth-order valence-electron chi connectivity index (χ4n) is 1.91. The van der Waals surface area contributed by atoms with E-state index in [9.17, 15) is 10.1 Å². The molecule has 0 saturated heterocycles. The van der Waals surface area contributed by atoms with E-state index in [0.717, 1.165) is 23.0 Å². The van der Waals surface area contributed by atoms with Crippen LogP contribution in [0.25, 0.3) is 5.69 Å². The van der Waals surface area contributed by atoms with Crippen molar-refractivity contribution in [2.75, 3.05) is 0 Å². The normalized spacial score (nSPS) is 10.7. The van der Waals surface area contributed by atoms with E-state index in [1.807, 2.05) is 31.2 Å². The summed E-state index contributed by atoms with van der Waals surface area (Å²) in [6, 6.07) is 12.1. The van der Waals surface area contributed by atoms with Gasteiger partial charge in [-0.1, -0.05) is 29.3 Å². The van der Waals surface area contributed by atoms with Gasteiger partial charge in [0.1, 0.15) is 0 Å². The van der Waals surface area contributed by atoms with Crippen molar-refractivity contribution in [2.24, 2.45) is 0 Å². The van der Waals surface area contributed by atoms with Gasteiger partial charge in [0.05, 0.1) is 15.5 Å². The Bertz CT molecular complexity index is 866. The fourth-order valence-corrected chi connectivity index (χ4v) is 2.95. The third-order valence-corrected chi connectivity index (χ3v) is 4.28. The molecule has 7 nitrogen and oxygen atoms in total. The number of halogens is 1. The lowest BCUT2D eigenvalue weighted by atomic mass is 10.2. The van der Waals surface area contributed by atoms with Crippen LogP contribution in [0.2, 0.25) is 5.02 Å². The van der Waals surface area contributed by atoms with Crippen LogP contribution < -0.4 is 0 Å². The summed E-state index contributed by atoms with van der Waals surface area (Å²) in [7, 11) is 0. The van der Waals surface area contributed by atoms with E-state index in [-0.39, 0.29) is 5.69 Å². The Balaban J connectivity index is 1.98. The summed E-state index contributed by atoms with van der Waals surface area (Å²) in [5.74, 6) is 0. The SMILES string of the molecule is Cc1ccc(-n2nnnc2Sc2ccc(Cl)cc2[N+](=O)[O-])cc1. The zero-order chi connectivity index (χ0) is 16.4. The lowest BCUT2D eigenvalue weighted by Gasteiger charge is -2.05. The summed E-state index contributed by atoms with van der Waals surface area (Å²) in [6.45, 7) is 1.98. The number of benzene rings is 2. The molecule has 0 spiro atoms. The molecule has 0 unspecified atom stereocenters. The second-order valence-corrected chi connectivity index (χ2v) is 6.13. The lowest BCUT2D eigenvalue weighted by Crippen LogP contribution is -1.99. The number of nitro benzene ring substituents is 1. The highest BCUT2D eigenvalue weighted by Gasteiger charge is 2.19. The number of hydrogen-bond donors (Lipinski definition) is 0. The Morgan fingerprint density at radius 2 is 1.96 bits per heavy atom. The highest BCUT2D eigenvalue weighted by atomic mass is 35.5. The van der Waals surface area contributed by atoms with Crippen LogP contribution in [0, 0.1) is 17.0 Å². The average Bonchev–Trinajstić information content (AvgIpc) is 2.98. The van der Waals surface area contributed by atoms with Crippen LogP contribution >= 0.6 is 23.4 Å². The first kappa shape index (κ1) is 15.4. The summed E-state index contributed by atoms with van der Waals surface area (Å²) >= 11 is 6.94. The number of tetrazole rings is 1. The quantitative estimate of drug-likeness (QED) is 0.528. The molecule has 1 heterocycles. The molecule has 23 heavy (non-hydrogen) atoms. The van der Waals surface area contributed by atoms with Crippen molar-refractivity contribution in [3.63, 3.8) is 0 Å². The Kier molecular flexibility index (Phi) is 4.26. The van der Waals surface area contributed by atoms with Gasteiger partial charge in [-0.05, 0) is 53.4 Å². The second-order valence-electron chi connectivity index (χ2n) is 4.68. The van der Waals surface area contributed by atoms with Crippen molar-refractivity contribution < 1.29 is 4.92 Å². The van der Waals surface area contributed by atoms with Gasteiger partial charge in [-0.25, -0.2) is 0 Å².